The number of ether oxygens (including phenoxy) is 2. The van der Waals surface area contributed by atoms with Crippen molar-refractivity contribution in [3.63, 3.8) is 0 Å². The molecule has 8 heteroatoms. The Balaban J connectivity index is 1.40. The van der Waals surface area contributed by atoms with E-state index in [4.69, 9.17) is 9.47 Å². The van der Waals surface area contributed by atoms with Crippen LogP contribution in [0, 0.1) is 5.82 Å². The molecule has 0 aliphatic carbocycles. The van der Waals surface area contributed by atoms with Gasteiger partial charge in [0.2, 0.25) is 5.91 Å². The minimum atomic E-state index is -0.872. The second-order valence-corrected chi connectivity index (χ2v) is 8.54. The monoisotopic (exact) mass is 456 g/mol. The molecule has 2 amide bonds. The van der Waals surface area contributed by atoms with Crippen molar-refractivity contribution >= 4 is 11.8 Å². The molecule has 33 heavy (non-hydrogen) atoms. The van der Waals surface area contributed by atoms with E-state index in [1.54, 1.807) is 6.07 Å². The predicted octanol–water partition coefficient (Wildman–Crippen LogP) is 2.28. The molecule has 0 saturated carbocycles. The molecule has 2 aliphatic rings. The molecule has 2 N–H and O–H groups in total. The SMILES string of the molecule is O=C(C[C@@H]1CC[C@H]2[C@@H](COC[C@H](O)CN2C(=O)c2ccccc2F)O1)NCc1ccccc1. The maximum atomic E-state index is 14.3. The number of hydrogen-bond acceptors (Lipinski definition) is 5. The van der Waals surface area contributed by atoms with Crippen LogP contribution in [0.5, 0.6) is 0 Å². The Morgan fingerprint density at radius 1 is 1.06 bits per heavy atom. The normalized spacial score (nSPS) is 25.5. The van der Waals surface area contributed by atoms with E-state index in [1.165, 1.54) is 23.1 Å². The summed E-state index contributed by atoms with van der Waals surface area (Å²) in [5, 5.41) is 13.2. The number of fused-ring (bicyclic) bond motifs is 1. The average molecular weight is 457 g/mol. The third-order valence-electron chi connectivity index (χ3n) is 6.09. The molecular weight excluding hydrogens is 427 g/mol. The zero-order valence-electron chi connectivity index (χ0n) is 18.4. The predicted molar refractivity (Wildman–Crippen MR) is 119 cm³/mol. The second kappa shape index (κ2) is 10.9. The van der Waals surface area contributed by atoms with E-state index < -0.39 is 23.9 Å². The lowest BCUT2D eigenvalue weighted by Gasteiger charge is -2.44. The van der Waals surface area contributed by atoms with Crippen LogP contribution in [0.25, 0.3) is 0 Å². The minimum absolute atomic E-state index is 0.0277. The van der Waals surface area contributed by atoms with Gasteiger partial charge in [0.15, 0.2) is 0 Å². The summed E-state index contributed by atoms with van der Waals surface area (Å²) < 4.78 is 26.0. The zero-order chi connectivity index (χ0) is 23.2. The first-order valence-electron chi connectivity index (χ1n) is 11.3. The molecule has 2 fully saturated rings. The Hall–Kier alpha value is -2.81. The van der Waals surface area contributed by atoms with Crippen molar-refractivity contribution in [2.45, 2.75) is 50.2 Å². The van der Waals surface area contributed by atoms with Crippen molar-refractivity contribution in [3.05, 3.63) is 71.5 Å². The second-order valence-electron chi connectivity index (χ2n) is 8.54. The number of rotatable bonds is 5. The maximum Gasteiger partial charge on any atom is 0.257 e. The van der Waals surface area contributed by atoms with Gasteiger partial charge < -0.3 is 24.8 Å². The molecule has 0 spiro atoms. The Morgan fingerprint density at radius 2 is 1.82 bits per heavy atom. The summed E-state index contributed by atoms with van der Waals surface area (Å²) in [6, 6.07) is 15.1. The van der Waals surface area contributed by atoms with Gasteiger partial charge in [-0.1, -0.05) is 42.5 Å². The van der Waals surface area contributed by atoms with E-state index in [2.05, 4.69) is 5.32 Å². The summed E-state index contributed by atoms with van der Waals surface area (Å²) in [5.41, 5.74) is 0.983. The van der Waals surface area contributed by atoms with Gasteiger partial charge in [-0.05, 0) is 30.5 Å². The lowest BCUT2D eigenvalue weighted by molar-refractivity contribution is -0.151. The highest BCUT2D eigenvalue weighted by atomic mass is 19.1. The van der Waals surface area contributed by atoms with Crippen molar-refractivity contribution in [1.82, 2.24) is 10.2 Å². The third-order valence-corrected chi connectivity index (χ3v) is 6.09. The number of aliphatic hydroxyl groups is 1. The average Bonchev–Trinajstić information content (AvgIpc) is 2.81. The molecule has 4 atom stereocenters. The molecule has 2 aromatic carbocycles. The standard InChI is InChI=1S/C25H29FN2O5/c26-21-9-5-4-8-20(21)25(31)28-14-18(29)15-32-16-23-22(28)11-10-19(33-23)12-24(30)27-13-17-6-2-1-3-7-17/h1-9,18-19,22-23,29H,10-16H2,(H,27,30)/t18-,19+,22+,23-/m1/s1. The van der Waals surface area contributed by atoms with Gasteiger partial charge in [0, 0.05) is 13.1 Å². The fourth-order valence-electron chi connectivity index (χ4n) is 4.44. The van der Waals surface area contributed by atoms with E-state index in [-0.39, 0.29) is 49.8 Å². The van der Waals surface area contributed by atoms with Crippen molar-refractivity contribution in [1.29, 1.82) is 0 Å². The van der Waals surface area contributed by atoms with Crippen LogP contribution in [0.3, 0.4) is 0 Å². The van der Waals surface area contributed by atoms with E-state index in [9.17, 15) is 19.1 Å². The first-order valence-corrected chi connectivity index (χ1v) is 11.3. The number of carbonyl (C=O) groups excluding carboxylic acids is 2. The van der Waals surface area contributed by atoms with Crippen LogP contribution in [0.4, 0.5) is 4.39 Å². The number of halogens is 1. The quantitative estimate of drug-likeness (QED) is 0.721. The van der Waals surface area contributed by atoms with E-state index >= 15 is 0 Å². The first-order chi connectivity index (χ1) is 16.0. The Kier molecular flexibility index (Phi) is 7.69. The molecule has 4 rings (SSSR count). The summed E-state index contributed by atoms with van der Waals surface area (Å²) >= 11 is 0. The van der Waals surface area contributed by atoms with Crippen molar-refractivity contribution < 1.29 is 28.6 Å². The van der Waals surface area contributed by atoms with Gasteiger partial charge in [-0.3, -0.25) is 9.59 Å². The summed E-state index contributed by atoms with van der Waals surface area (Å²) in [5.74, 6) is -1.19. The molecule has 2 heterocycles. The van der Waals surface area contributed by atoms with Gasteiger partial charge in [-0.15, -0.1) is 0 Å². The summed E-state index contributed by atoms with van der Waals surface area (Å²) in [6.45, 7) is 0.713. The smallest absolute Gasteiger partial charge is 0.257 e. The van der Waals surface area contributed by atoms with Crippen LogP contribution >= 0.6 is 0 Å². The summed E-state index contributed by atoms with van der Waals surface area (Å²) in [6.07, 6.45) is -0.299. The fourth-order valence-corrected chi connectivity index (χ4v) is 4.44. The first kappa shape index (κ1) is 23.4. The number of β-amino-alcohol motifs (C(OH)–C–C–N with tert-alkyl or cyclic N) is 1. The lowest BCUT2D eigenvalue weighted by Crippen LogP contribution is -2.57. The molecule has 2 saturated heterocycles. The summed E-state index contributed by atoms with van der Waals surface area (Å²) in [7, 11) is 0. The topological polar surface area (TPSA) is 88.1 Å². The van der Waals surface area contributed by atoms with Crippen LogP contribution in [0.15, 0.2) is 54.6 Å². The summed E-state index contributed by atoms with van der Waals surface area (Å²) in [4.78, 5) is 27.1. The number of amides is 2. The Labute approximate surface area is 192 Å². The molecule has 0 radical (unpaired) electrons. The molecule has 176 valence electrons. The number of benzene rings is 2. The van der Waals surface area contributed by atoms with Gasteiger partial charge in [-0.2, -0.15) is 0 Å². The van der Waals surface area contributed by atoms with Crippen LogP contribution in [0.1, 0.15) is 35.2 Å². The van der Waals surface area contributed by atoms with Crippen molar-refractivity contribution in [3.8, 4) is 0 Å². The van der Waals surface area contributed by atoms with Crippen LogP contribution in [-0.4, -0.2) is 65.9 Å². The van der Waals surface area contributed by atoms with Gasteiger partial charge in [0.05, 0.1) is 43.4 Å². The van der Waals surface area contributed by atoms with Gasteiger partial charge >= 0.3 is 0 Å². The number of hydrogen-bond donors (Lipinski definition) is 2. The molecular formula is C25H29FN2O5. The van der Waals surface area contributed by atoms with E-state index in [0.717, 1.165) is 5.56 Å². The van der Waals surface area contributed by atoms with Crippen molar-refractivity contribution in [2.24, 2.45) is 0 Å². The lowest BCUT2D eigenvalue weighted by atomic mass is 9.94. The largest absolute Gasteiger partial charge is 0.389 e. The highest BCUT2D eigenvalue weighted by molar-refractivity contribution is 5.94. The Morgan fingerprint density at radius 3 is 2.61 bits per heavy atom. The van der Waals surface area contributed by atoms with E-state index in [1.807, 2.05) is 30.3 Å². The molecule has 2 aliphatic heterocycles. The molecule has 0 aromatic heterocycles. The van der Waals surface area contributed by atoms with Gasteiger partial charge in [-0.25, -0.2) is 4.39 Å². The molecule has 0 bridgehead atoms. The highest BCUT2D eigenvalue weighted by Crippen LogP contribution is 2.29. The minimum Gasteiger partial charge on any atom is -0.389 e. The number of carbonyl (C=O) groups is 2. The molecule has 7 nitrogen and oxygen atoms in total. The van der Waals surface area contributed by atoms with Gasteiger partial charge in [0.25, 0.3) is 5.91 Å². The zero-order valence-corrected chi connectivity index (χ0v) is 18.4. The van der Waals surface area contributed by atoms with Crippen LogP contribution < -0.4 is 5.32 Å². The number of aliphatic hydroxyl groups excluding tert-OH is 1. The third kappa shape index (κ3) is 5.96. The number of nitrogens with one attached hydrogen (secondary N) is 1. The maximum absolute atomic E-state index is 14.3. The van der Waals surface area contributed by atoms with Crippen LogP contribution in [0.2, 0.25) is 0 Å². The Bertz CT molecular complexity index is 957. The van der Waals surface area contributed by atoms with Crippen LogP contribution in [-0.2, 0) is 20.8 Å². The fraction of sp³-hybridized carbons (Fsp3) is 0.440. The van der Waals surface area contributed by atoms with Gasteiger partial charge in [0.1, 0.15) is 11.9 Å². The van der Waals surface area contributed by atoms with Crippen molar-refractivity contribution in [2.75, 3.05) is 19.8 Å². The molecule has 2 aromatic rings. The highest BCUT2D eigenvalue weighted by Gasteiger charge is 2.40. The number of nitrogens with zero attached hydrogens (tertiary/aromatic N) is 1. The molecule has 0 unspecified atom stereocenters. The van der Waals surface area contributed by atoms with E-state index in [0.29, 0.717) is 19.4 Å².